The van der Waals surface area contributed by atoms with Gasteiger partial charge in [0.1, 0.15) is 11.5 Å². The summed E-state index contributed by atoms with van der Waals surface area (Å²) in [5.41, 5.74) is 0.0829. The Morgan fingerprint density at radius 2 is 1.79 bits per heavy atom. The van der Waals surface area contributed by atoms with E-state index >= 15 is 0 Å². The van der Waals surface area contributed by atoms with Crippen LogP contribution in [0.3, 0.4) is 0 Å². The molecule has 1 aromatic carbocycles. The third-order valence-electron chi connectivity index (χ3n) is 7.47. The molecule has 2 bridgehead atoms. The Balaban J connectivity index is 1.41. The van der Waals surface area contributed by atoms with Gasteiger partial charge in [0.2, 0.25) is 5.79 Å². The monoisotopic (exact) mass is 406 g/mol. The van der Waals surface area contributed by atoms with E-state index < -0.39 is 24.0 Å². The van der Waals surface area contributed by atoms with Gasteiger partial charge >= 0.3 is 0 Å². The molecule has 29 heavy (non-hydrogen) atoms. The molecule has 5 aliphatic rings. The van der Waals surface area contributed by atoms with E-state index in [4.69, 9.17) is 24.0 Å². The quantitative estimate of drug-likeness (QED) is 0.738. The van der Waals surface area contributed by atoms with Crippen molar-refractivity contribution in [2.24, 2.45) is 23.7 Å². The molecule has 4 aliphatic heterocycles. The topological polar surface area (TPSA) is 86.6 Å². The van der Waals surface area contributed by atoms with Crippen molar-refractivity contribution in [3.05, 3.63) is 23.8 Å². The van der Waals surface area contributed by atoms with Crippen molar-refractivity contribution >= 4 is 0 Å². The molecule has 0 aromatic heterocycles. The molecule has 0 radical (unpaired) electrons. The number of ether oxygens (including phenoxy) is 3. The normalized spacial score (nSPS) is 46.2. The largest absolute Gasteiger partial charge is 0.508 e. The molecule has 8 atom stereocenters. The van der Waals surface area contributed by atoms with Crippen LogP contribution in [0.4, 0.5) is 0 Å². The van der Waals surface area contributed by atoms with E-state index in [9.17, 15) is 10.2 Å². The Morgan fingerprint density at radius 1 is 1.03 bits per heavy atom. The van der Waals surface area contributed by atoms with Crippen LogP contribution in [-0.4, -0.2) is 34.2 Å². The molecule has 2 N–H and O–H groups in total. The highest BCUT2D eigenvalue weighted by Gasteiger charge is 2.69. The molecule has 1 saturated carbocycles. The van der Waals surface area contributed by atoms with Gasteiger partial charge in [0.05, 0.1) is 6.61 Å². The first-order chi connectivity index (χ1) is 13.8. The second-order valence-electron chi connectivity index (χ2n) is 9.44. The van der Waals surface area contributed by atoms with Gasteiger partial charge in [-0.1, -0.05) is 13.8 Å². The minimum atomic E-state index is -0.806. The minimum Gasteiger partial charge on any atom is -0.508 e. The summed E-state index contributed by atoms with van der Waals surface area (Å²) < 4.78 is 18.8. The molecular formula is C22H30O7. The maximum absolute atomic E-state index is 9.71. The van der Waals surface area contributed by atoms with E-state index in [0.29, 0.717) is 17.4 Å². The first kappa shape index (κ1) is 19.6. The van der Waals surface area contributed by atoms with Crippen LogP contribution in [0.2, 0.25) is 0 Å². The van der Waals surface area contributed by atoms with Gasteiger partial charge in [-0.3, -0.25) is 0 Å². The van der Waals surface area contributed by atoms with Crippen LogP contribution in [0.15, 0.2) is 18.2 Å². The lowest BCUT2D eigenvalue weighted by Crippen LogP contribution is -2.70. The molecule has 5 fully saturated rings. The summed E-state index contributed by atoms with van der Waals surface area (Å²) in [6.45, 7) is 6.55. The van der Waals surface area contributed by atoms with Gasteiger partial charge in [-0.05, 0) is 55.7 Å². The van der Waals surface area contributed by atoms with Crippen LogP contribution in [0.1, 0.15) is 52.0 Å². The highest BCUT2D eigenvalue weighted by Crippen LogP contribution is 2.60. The second-order valence-corrected chi connectivity index (χ2v) is 9.44. The number of phenolic OH excluding ortho intramolecular Hbond substituents is 2. The van der Waals surface area contributed by atoms with E-state index in [1.54, 1.807) is 12.1 Å². The van der Waals surface area contributed by atoms with E-state index in [2.05, 4.69) is 13.8 Å². The van der Waals surface area contributed by atoms with Crippen molar-refractivity contribution in [2.45, 2.75) is 77.0 Å². The fourth-order valence-corrected chi connectivity index (χ4v) is 5.98. The van der Waals surface area contributed by atoms with E-state index in [1.807, 2.05) is 6.92 Å². The summed E-state index contributed by atoms with van der Waals surface area (Å²) in [7, 11) is 0. The maximum atomic E-state index is 9.71. The Labute approximate surface area is 170 Å². The van der Waals surface area contributed by atoms with Crippen molar-refractivity contribution in [3.63, 3.8) is 0 Å². The van der Waals surface area contributed by atoms with Gasteiger partial charge in [-0.25, -0.2) is 9.78 Å². The first-order valence-corrected chi connectivity index (χ1v) is 10.6. The lowest BCUT2D eigenvalue weighted by atomic mass is 9.58. The average molecular weight is 406 g/mol. The molecule has 6 rings (SSSR count). The van der Waals surface area contributed by atoms with Crippen LogP contribution in [-0.2, 0) is 30.6 Å². The van der Waals surface area contributed by atoms with Gasteiger partial charge in [-0.2, -0.15) is 0 Å². The molecule has 1 aliphatic carbocycles. The number of benzene rings is 1. The Bertz CT molecular complexity index is 764. The highest BCUT2D eigenvalue weighted by molar-refractivity contribution is 5.36. The summed E-state index contributed by atoms with van der Waals surface area (Å²) in [6, 6.07) is 4.45. The van der Waals surface area contributed by atoms with Crippen LogP contribution in [0.5, 0.6) is 11.5 Å². The minimum absolute atomic E-state index is 0.00663. The van der Waals surface area contributed by atoms with Crippen molar-refractivity contribution in [3.8, 4) is 11.5 Å². The van der Waals surface area contributed by atoms with Crippen molar-refractivity contribution in [1.29, 1.82) is 0 Å². The maximum Gasteiger partial charge on any atom is 0.201 e. The molecule has 160 valence electrons. The van der Waals surface area contributed by atoms with Crippen LogP contribution >= 0.6 is 0 Å². The van der Waals surface area contributed by atoms with Crippen LogP contribution in [0, 0.1) is 23.7 Å². The van der Waals surface area contributed by atoms with Gasteiger partial charge in [0.15, 0.2) is 18.2 Å². The molecule has 7 nitrogen and oxygen atoms in total. The molecule has 0 unspecified atom stereocenters. The molecule has 4 saturated heterocycles. The smallest absolute Gasteiger partial charge is 0.201 e. The summed E-state index contributed by atoms with van der Waals surface area (Å²) in [5.74, 6) is 0.334. The van der Waals surface area contributed by atoms with E-state index in [0.717, 1.165) is 25.7 Å². The third-order valence-corrected chi connectivity index (χ3v) is 7.47. The molecule has 1 spiro atoms. The predicted octanol–water partition coefficient (Wildman–Crippen LogP) is 3.82. The second kappa shape index (κ2) is 6.82. The molecule has 4 heterocycles. The number of hydrogen-bond donors (Lipinski definition) is 2. The zero-order valence-electron chi connectivity index (χ0n) is 17.2. The van der Waals surface area contributed by atoms with Gasteiger partial charge in [0.25, 0.3) is 0 Å². The lowest BCUT2D eigenvalue weighted by molar-refractivity contribution is -0.577. The first-order valence-electron chi connectivity index (χ1n) is 10.6. The van der Waals surface area contributed by atoms with Crippen molar-refractivity contribution in [2.75, 3.05) is 0 Å². The third kappa shape index (κ3) is 3.06. The van der Waals surface area contributed by atoms with Gasteiger partial charge < -0.3 is 24.4 Å². The SMILES string of the molecule is C[C@H]1[C@@H](OCc2cc(O)cc(O)c2)O[C@@H]2O[C@@]3(C)CC[C@H]4[C@H](C)CC[C@@H]1[C@@]24OO3. The molecule has 7 heteroatoms. The molecule has 1 aromatic rings. The van der Waals surface area contributed by atoms with Crippen molar-refractivity contribution < 1.29 is 34.2 Å². The zero-order valence-corrected chi connectivity index (χ0v) is 17.2. The Morgan fingerprint density at radius 3 is 2.55 bits per heavy atom. The van der Waals surface area contributed by atoms with E-state index in [-0.39, 0.29) is 29.9 Å². The summed E-state index contributed by atoms with van der Waals surface area (Å²) in [4.78, 5) is 12.0. The summed E-state index contributed by atoms with van der Waals surface area (Å²) in [6.07, 6.45) is 2.91. The van der Waals surface area contributed by atoms with Crippen molar-refractivity contribution in [1.82, 2.24) is 0 Å². The van der Waals surface area contributed by atoms with Gasteiger partial charge in [0, 0.05) is 24.3 Å². The lowest BCUT2D eigenvalue weighted by Gasteiger charge is -2.60. The fourth-order valence-electron chi connectivity index (χ4n) is 5.98. The van der Waals surface area contributed by atoms with E-state index in [1.165, 1.54) is 6.07 Å². The Hall–Kier alpha value is -1.38. The standard InChI is InChI=1S/C22H30O7/c1-12-4-5-18-13(2)19(25-11-14-8-15(23)10-16(24)9-14)26-20-22(18)17(12)6-7-21(3,27-20)28-29-22/h8-10,12-13,17-20,23-24H,4-7,11H2,1-3H3/t12-,13-,17+,18+,19+,20-,21-,22-/m1/s1. The predicted molar refractivity (Wildman–Crippen MR) is 101 cm³/mol. The fraction of sp³-hybridized carbons (Fsp3) is 0.727. The summed E-state index contributed by atoms with van der Waals surface area (Å²) >= 11 is 0. The van der Waals surface area contributed by atoms with Gasteiger partial charge in [-0.15, -0.1) is 0 Å². The number of rotatable bonds is 3. The van der Waals surface area contributed by atoms with Crippen LogP contribution in [0.25, 0.3) is 0 Å². The average Bonchev–Trinajstić information content (AvgIpc) is 2.89. The molecule has 0 amide bonds. The number of fused-ring (bicyclic) bond motifs is 2. The molecular weight excluding hydrogens is 376 g/mol. The Kier molecular flexibility index (Phi) is 4.60. The zero-order chi connectivity index (χ0) is 20.4. The summed E-state index contributed by atoms with van der Waals surface area (Å²) in [5, 5.41) is 19.4. The number of hydrogen-bond acceptors (Lipinski definition) is 7. The van der Waals surface area contributed by atoms with Crippen LogP contribution < -0.4 is 0 Å². The number of phenols is 2. The number of aromatic hydroxyl groups is 2. The highest BCUT2D eigenvalue weighted by atomic mass is 17.3.